The summed E-state index contributed by atoms with van der Waals surface area (Å²) in [6.07, 6.45) is 0. The number of rotatable bonds is 3. The van der Waals surface area contributed by atoms with E-state index in [2.05, 4.69) is 20.0 Å². The van der Waals surface area contributed by atoms with Crippen molar-refractivity contribution in [3.63, 3.8) is 0 Å². The van der Waals surface area contributed by atoms with Gasteiger partial charge in [0.2, 0.25) is 0 Å². The minimum atomic E-state index is -0.399. The van der Waals surface area contributed by atoms with Gasteiger partial charge in [-0.3, -0.25) is 14.9 Å². The van der Waals surface area contributed by atoms with Gasteiger partial charge >= 0.3 is 0 Å². The van der Waals surface area contributed by atoms with E-state index in [1.54, 1.807) is 18.2 Å². The SMILES string of the molecule is O=c1ccc(N2CCN(c3ccc([N+](=O)[O-])cc3)CC2)n[nH]1. The summed E-state index contributed by atoms with van der Waals surface area (Å²) in [6, 6.07) is 9.75. The van der Waals surface area contributed by atoms with Crippen molar-refractivity contribution in [1.29, 1.82) is 0 Å². The molecule has 3 rings (SSSR count). The number of benzene rings is 1. The molecule has 8 heteroatoms. The summed E-state index contributed by atoms with van der Waals surface area (Å²) in [6.45, 7) is 3.13. The highest BCUT2D eigenvalue weighted by molar-refractivity contribution is 5.52. The lowest BCUT2D eigenvalue weighted by Crippen LogP contribution is -2.47. The number of non-ortho nitro benzene ring substituents is 1. The Kier molecular flexibility index (Phi) is 3.73. The zero-order chi connectivity index (χ0) is 15.5. The van der Waals surface area contributed by atoms with Crippen LogP contribution in [0.1, 0.15) is 0 Å². The second-order valence-electron chi connectivity index (χ2n) is 5.03. The fourth-order valence-electron chi connectivity index (χ4n) is 2.49. The molecule has 0 unspecified atom stereocenters. The molecule has 1 aromatic heterocycles. The fourth-order valence-corrected chi connectivity index (χ4v) is 2.49. The fraction of sp³-hybridized carbons (Fsp3) is 0.286. The normalized spacial score (nSPS) is 14.9. The van der Waals surface area contributed by atoms with Gasteiger partial charge in [-0.15, -0.1) is 0 Å². The third kappa shape index (κ3) is 2.90. The average Bonchev–Trinajstić information content (AvgIpc) is 2.56. The largest absolute Gasteiger partial charge is 0.368 e. The van der Waals surface area contributed by atoms with E-state index in [1.165, 1.54) is 18.2 Å². The Balaban J connectivity index is 1.65. The van der Waals surface area contributed by atoms with Gasteiger partial charge in [-0.2, -0.15) is 5.10 Å². The molecule has 114 valence electrons. The highest BCUT2D eigenvalue weighted by atomic mass is 16.6. The third-order valence-corrected chi connectivity index (χ3v) is 3.69. The average molecular weight is 301 g/mol. The van der Waals surface area contributed by atoms with Crippen molar-refractivity contribution >= 4 is 17.2 Å². The van der Waals surface area contributed by atoms with Crippen molar-refractivity contribution in [2.75, 3.05) is 36.0 Å². The first-order valence-electron chi connectivity index (χ1n) is 6.93. The van der Waals surface area contributed by atoms with Crippen molar-refractivity contribution in [3.05, 3.63) is 56.9 Å². The molecule has 2 aromatic rings. The van der Waals surface area contributed by atoms with Crippen LogP contribution in [0.5, 0.6) is 0 Å². The molecule has 0 amide bonds. The van der Waals surface area contributed by atoms with Crippen molar-refractivity contribution in [2.45, 2.75) is 0 Å². The number of nitro benzene ring substituents is 1. The molecular weight excluding hydrogens is 286 g/mol. The van der Waals surface area contributed by atoms with Crippen LogP contribution in [0.2, 0.25) is 0 Å². The van der Waals surface area contributed by atoms with E-state index in [0.29, 0.717) is 0 Å². The number of hydrogen-bond acceptors (Lipinski definition) is 6. The Morgan fingerprint density at radius 2 is 1.64 bits per heavy atom. The van der Waals surface area contributed by atoms with Gasteiger partial charge in [-0.05, 0) is 18.2 Å². The summed E-state index contributed by atoms with van der Waals surface area (Å²) >= 11 is 0. The minimum Gasteiger partial charge on any atom is -0.368 e. The van der Waals surface area contributed by atoms with E-state index in [-0.39, 0.29) is 11.2 Å². The molecule has 2 heterocycles. The molecular formula is C14H15N5O3. The third-order valence-electron chi connectivity index (χ3n) is 3.69. The van der Waals surface area contributed by atoms with Gasteiger partial charge in [-0.1, -0.05) is 0 Å². The zero-order valence-corrected chi connectivity index (χ0v) is 11.8. The molecule has 1 saturated heterocycles. The number of aromatic amines is 1. The summed E-state index contributed by atoms with van der Waals surface area (Å²) < 4.78 is 0. The maximum Gasteiger partial charge on any atom is 0.269 e. The Hall–Kier alpha value is -2.90. The maximum atomic E-state index is 11.0. The Morgan fingerprint density at radius 3 is 2.18 bits per heavy atom. The van der Waals surface area contributed by atoms with Crippen LogP contribution in [-0.4, -0.2) is 41.3 Å². The highest BCUT2D eigenvalue weighted by Gasteiger charge is 2.19. The topological polar surface area (TPSA) is 95.4 Å². The van der Waals surface area contributed by atoms with Gasteiger partial charge in [0.1, 0.15) is 5.82 Å². The van der Waals surface area contributed by atoms with Gasteiger partial charge in [-0.25, -0.2) is 5.10 Å². The number of nitrogens with zero attached hydrogens (tertiary/aromatic N) is 4. The van der Waals surface area contributed by atoms with Crippen LogP contribution >= 0.6 is 0 Å². The smallest absolute Gasteiger partial charge is 0.269 e. The van der Waals surface area contributed by atoms with E-state index in [1.807, 2.05) is 0 Å². The lowest BCUT2D eigenvalue weighted by molar-refractivity contribution is -0.384. The van der Waals surface area contributed by atoms with E-state index in [0.717, 1.165) is 37.7 Å². The monoisotopic (exact) mass is 301 g/mol. The Morgan fingerprint density at radius 1 is 1.00 bits per heavy atom. The zero-order valence-electron chi connectivity index (χ0n) is 11.8. The van der Waals surface area contributed by atoms with Crippen LogP contribution in [-0.2, 0) is 0 Å². The molecule has 1 aromatic carbocycles. The molecule has 8 nitrogen and oxygen atoms in total. The quantitative estimate of drug-likeness (QED) is 0.671. The number of anilines is 2. The molecule has 0 aliphatic carbocycles. The Labute approximate surface area is 126 Å². The van der Waals surface area contributed by atoms with E-state index >= 15 is 0 Å². The standard InChI is InChI=1S/C14H15N5O3/c20-14-6-5-13(15-16-14)18-9-7-17(8-10-18)11-1-3-12(4-2-11)19(21)22/h1-6H,7-10H2,(H,16,20). The molecule has 1 N–H and O–H groups in total. The maximum absolute atomic E-state index is 11.0. The summed E-state index contributed by atoms with van der Waals surface area (Å²) in [5.41, 5.74) is 0.854. The summed E-state index contributed by atoms with van der Waals surface area (Å²) in [5.74, 6) is 0.753. The first-order chi connectivity index (χ1) is 10.6. The first-order valence-corrected chi connectivity index (χ1v) is 6.93. The molecule has 0 bridgehead atoms. The van der Waals surface area contributed by atoms with Crippen molar-refractivity contribution in [1.82, 2.24) is 10.2 Å². The molecule has 1 fully saturated rings. The molecule has 0 radical (unpaired) electrons. The molecule has 1 aliphatic rings. The number of piperazine rings is 1. The molecule has 0 atom stereocenters. The molecule has 22 heavy (non-hydrogen) atoms. The van der Waals surface area contributed by atoms with E-state index in [4.69, 9.17) is 0 Å². The number of hydrogen-bond donors (Lipinski definition) is 1. The summed E-state index contributed by atoms with van der Waals surface area (Å²) in [4.78, 5) is 25.6. The first kappa shape index (κ1) is 14.1. The molecule has 0 saturated carbocycles. The summed E-state index contributed by atoms with van der Waals surface area (Å²) in [7, 11) is 0. The van der Waals surface area contributed by atoms with Crippen molar-refractivity contribution in [3.8, 4) is 0 Å². The number of nitrogens with one attached hydrogen (secondary N) is 1. The van der Waals surface area contributed by atoms with E-state index in [9.17, 15) is 14.9 Å². The van der Waals surface area contributed by atoms with Gasteiger partial charge in [0, 0.05) is 50.1 Å². The minimum absolute atomic E-state index is 0.0971. The van der Waals surface area contributed by atoms with Gasteiger partial charge in [0.05, 0.1) is 4.92 Å². The van der Waals surface area contributed by atoms with Crippen LogP contribution in [0.3, 0.4) is 0 Å². The van der Waals surface area contributed by atoms with Crippen molar-refractivity contribution in [2.24, 2.45) is 0 Å². The predicted octanol–water partition coefficient (Wildman–Crippen LogP) is 1.00. The summed E-state index contributed by atoms with van der Waals surface area (Å²) in [5, 5.41) is 17.1. The van der Waals surface area contributed by atoms with Crippen LogP contribution < -0.4 is 15.4 Å². The van der Waals surface area contributed by atoms with E-state index < -0.39 is 4.92 Å². The van der Waals surface area contributed by atoms with Gasteiger partial charge in [0.15, 0.2) is 0 Å². The molecule has 1 aliphatic heterocycles. The number of nitro groups is 1. The Bertz CT molecular complexity index is 700. The number of aromatic nitrogens is 2. The number of H-pyrrole nitrogens is 1. The molecule has 0 spiro atoms. The van der Waals surface area contributed by atoms with Gasteiger partial charge < -0.3 is 9.80 Å². The second kappa shape index (κ2) is 5.84. The van der Waals surface area contributed by atoms with Crippen LogP contribution in [0.4, 0.5) is 17.2 Å². The lowest BCUT2D eigenvalue weighted by atomic mass is 10.2. The van der Waals surface area contributed by atoms with Crippen LogP contribution in [0.15, 0.2) is 41.2 Å². The van der Waals surface area contributed by atoms with Crippen LogP contribution in [0, 0.1) is 10.1 Å². The van der Waals surface area contributed by atoms with Gasteiger partial charge in [0.25, 0.3) is 11.2 Å². The highest BCUT2D eigenvalue weighted by Crippen LogP contribution is 2.21. The second-order valence-corrected chi connectivity index (χ2v) is 5.03. The van der Waals surface area contributed by atoms with Crippen molar-refractivity contribution < 1.29 is 4.92 Å². The predicted molar refractivity (Wildman–Crippen MR) is 82.4 cm³/mol. The van der Waals surface area contributed by atoms with Crippen LogP contribution in [0.25, 0.3) is 0 Å². The lowest BCUT2D eigenvalue weighted by Gasteiger charge is -2.36.